The van der Waals surface area contributed by atoms with Crippen LogP contribution < -0.4 is 10.6 Å². The van der Waals surface area contributed by atoms with Gasteiger partial charge in [0.2, 0.25) is 0 Å². The Kier molecular flexibility index (Phi) is 5.12. The Hall–Kier alpha value is -1.88. The number of carbonyl (C=O) groups excluding carboxylic acids is 1. The lowest BCUT2D eigenvalue weighted by molar-refractivity contribution is 0.0937. The van der Waals surface area contributed by atoms with Crippen LogP contribution in [0.3, 0.4) is 0 Å². The second kappa shape index (κ2) is 7.05. The molecule has 0 radical (unpaired) electrons. The van der Waals surface area contributed by atoms with E-state index in [2.05, 4.69) is 22.5 Å². The summed E-state index contributed by atoms with van der Waals surface area (Å²) in [7, 11) is 0. The summed E-state index contributed by atoms with van der Waals surface area (Å²) < 4.78 is 0. The molecule has 0 aliphatic rings. The van der Waals surface area contributed by atoms with Crippen molar-refractivity contribution in [2.24, 2.45) is 0 Å². The fourth-order valence-electron chi connectivity index (χ4n) is 2.00. The zero-order chi connectivity index (χ0) is 14.4. The van der Waals surface area contributed by atoms with E-state index in [1.165, 1.54) is 4.88 Å². The van der Waals surface area contributed by atoms with Gasteiger partial charge in [-0.05, 0) is 36.9 Å². The predicted octanol–water partition coefficient (Wildman–Crippen LogP) is 3.46. The maximum Gasteiger partial charge on any atom is 0.255 e. The number of thiophene rings is 1. The van der Waals surface area contributed by atoms with Crippen LogP contribution >= 0.6 is 11.3 Å². The minimum Gasteiger partial charge on any atom is -0.370 e. The number of rotatable bonds is 6. The van der Waals surface area contributed by atoms with Crippen LogP contribution in [-0.2, 0) is 0 Å². The Morgan fingerprint density at radius 1 is 1.35 bits per heavy atom. The van der Waals surface area contributed by atoms with Crippen LogP contribution in [-0.4, -0.2) is 17.4 Å². The van der Waals surface area contributed by atoms with E-state index < -0.39 is 0 Å². The molecule has 2 aromatic rings. The summed E-state index contributed by atoms with van der Waals surface area (Å²) in [6.45, 7) is 4.79. The molecule has 0 aromatic carbocycles. The van der Waals surface area contributed by atoms with Crippen LogP contribution in [0.1, 0.15) is 41.5 Å². The van der Waals surface area contributed by atoms with E-state index in [1.807, 2.05) is 24.4 Å². The van der Waals surface area contributed by atoms with Gasteiger partial charge < -0.3 is 10.6 Å². The summed E-state index contributed by atoms with van der Waals surface area (Å²) in [5.74, 6) is 0.544. The lowest BCUT2D eigenvalue weighted by Crippen LogP contribution is -2.28. The molecular weight excluding hydrogens is 270 g/mol. The first kappa shape index (κ1) is 14.5. The number of amides is 1. The summed E-state index contributed by atoms with van der Waals surface area (Å²) in [5.41, 5.74) is 0.587. The van der Waals surface area contributed by atoms with Crippen LogP contribution in [0.25, 0.3) is 0 Å². The average Bonchev–Trinajstić information content (AvgIpc) is 2.99. The van der Waals surface area contributed by atoms with E-state index in [4.69, 9.17) is 0 Å². The van der Waals surface area contributed by atoms with E-state index in [1.54, 1.807) is 29.7 Å². The van der Waals surface area contributed by atoms with Gasteiger partial charge in [-0.2, -0.15) is 0 Å². The highest BCUT2D eigenvalue weighted by molar-refractivity contribution is 7.10. The van der Waals surface area contributed by atoms with Gasteiger partial charge in [-0.1, -0.05) is 13.0 Å². The number of pyridine rings is 1. The summed E-state index contributed by atoms with van der Waals surface area (Å²) in [6, 6.07) is 7.68. The molecule has 4 nitrogen and oxygen atoms in total. The maximum atomic E-state index is 12.4. The first-order chi connectivity index (χ1) is 9.76. The highest BCUT2D eigenvalue weighted by Gasteiger charge is 2.17. The van der Waals surface area contributed by atoms with Crippen molar-refractivity contribution in [1.82, 2.24) is 10.3 Å². The second-order valence-electron chi connectivity index (χ2n) is 4.38. The van der Waals surface area contributed by atoms with Crippen LogP contribution in [0, 0.1) is 0 Å². The van der Waals surface area contributed by atoms with Crippen molar-refractivity contribution < 1.29 is 4.79 Å². The highest BCUT2D eigenvalue weighted by atomic mass is 32.1. The number of hydrogen-bond acceptors (Lipinski definition) is 4. The molecule has 2 heterocycles. The Bertz CT molecular complexity index is 554. The van der Waals surface area contributed by atoms with Gasteiger partial charge in [-0.3, -0.25) is 4.79 Å². The smallest absolute Gasteiger partial charge is 0.255 e. The Morgan fingerprint density at radius 2 is 2.20 bits per heavy atom. The third-order valence-electron chi connectivity index (χ3n) is 3.00. The van der Waals surface area contributed by atoms with Crippen molar-refractivity contribution in [2.75, 3.05) is 11.9 Å². The van der Waals surface area contributed by atoms with Gasteiger partial charge >= 0.3 is 0 Å². The molecular formula is C15H19N3OS. The SMILES string of the molecule is CCNc1ncccc1C(=O)NC(CC)c1cccs1. The van der Waals surface area contributed by atoms with E-state index in [0.29, 0.717) is 11.4 Å². The molecule has 0 saturated carbocycles. The van der Waals surface area contributed by atoms with Gasteiger partial charge in [0.1, 0.15) is 5.82 Å². The molecule has 2 N–H and O–H groups in total. The molecule has 1 amide bonds. The number of aromatic nitrogens is 1. The van der Waals surface area contributed by atoms with E-state index >= 15 is 0 Å². The van der Waals surface area contributed by atoms with Crippen LogP contribution in [0.15, 0.2) is 35.8 Å². The van der Waals surface area contributed by atoms with Gasteiger partial charge in [-0.25, -0.2) is 4.98 Å². The minimum absolute atomic E-state index is 0.0529. The molecule has 0 bridgehead atoms. The zero-order valence-electron chi connectivity index (χ0n) is 11.7. The Morgan fingerprint density at radius 3 is 2.85 bits per heavy atom. The first-order valence-electron chi connectivity index (χ1n) is 6.79. The molecule has 0 spiro atoms. The lowest BCUT2D eigenvalue weighted by Gasteiger charge is -2.16. The Balaban J connectivity index is 2.15. The number of carbonyl (C=O) groups is 1. The third-order valence-corrected chi connectivity index (χ3v) is 3.98. The molecule has 0 saturated heterocycles. The average molecular weight is 289 g/mol. The zero-order valence-corrected chi connectivity index (χ0v) is 12.5. The van der Waals surface area contributed by atoms with E-state index in [0.717, 1.165) is 13.0 Å². The quantitative estimate of drug-likeness (QED) is 0.856. The van der Waals surface area contributed by atoms with Gasteiger partial charge in [-0.15, -0.1) is 11.3 Å². The van der Waals surface area contributed by atoms with Crippen LogP contribution in [0.5, 0.6) is 0 Å². The monoisotopic (exact) mass is 289 g/mol. The normalized spacial score (nSPS) is 11.9. The molecule has 5 heteroatoms. The van der Waals surface area contributed by atoms with Gasteiger partial charge in [0.15, 0.2) is 0 Å². The fraction of sp³-hybridized carbons (Fsp3) is 0.333. The predicted molar refractivity (Wildman–Crippen MR) is 83.2 cm³/mol. The molecule has 2 aromatic heterocycles. The Labute approximate surface area is 123 Å². The molecule has 20 heavy (non-hydrogen) atoms. The lowest BCUT2D eigenvalue weighted by atomic mass is 10.1. The van der Waals surface area contributed by atoms with E-state index in [-0.39, 0.29) is 11.9 Å². The minimum atomic E-state index is -0.0886. The molecule has 1 atom stereocenters. The van der Waals surface area contributed by atoms with Crippen molar-refractivity contribution >= 4 is 23.1 Å². The van der Waals surface area contributed by atoms with Gasteiger partial charge in [0.05, 0.1) is 11.6 Å². The molecule has 106 valence electrons. The van der Waals surface area contributed by atoms with Crippen molar-refractivity contribution in [1.29, 1.82) is 0 Å². The largest absolute Gasteiger partial charge is 0.370 e. The van der Waals surface area contributed by atoms with Gasteiger partial charge in [0.25, 0.3) is 5.91 Å². The maximum absolute atomic E-state index is 12.4. The van der Waals surface area contributed by atoms with Crippen LogP contribution in [0.2, 0.25) is 0 Å². The fourth-order valence-corrected chi connectivity index (χ4v) is 2.86. The number of anilines is 1. The third kappa shape index (κ3) is 3.36. The standard InChI is InChI=1S/C15H19N3OS/c1-3-12(13-8-6-10-20-13)18-15(19)11-7-5-9-17-14(11)16-4-2/h5-10,12H,3-4H2,1-2H3,(H,16,17)(H,18,19). The number of nitrogens with one attached hydrogen (secondary N) is 2. The van der Waals surface area contributed by atoms with Gasteiger partial charge in [0, 0.05) is 17.6 Å². The molecule has 0 aliphatic heterocycles. The summed E-state index contributed by atoms with van der Waals surface area (Å²) in [5, 5.41) is 8.22. The number of hydrogen-bond donors (Lipinski definition) is 2. The van der Waals surface area contributed by atoms with Crippen molar-refractivity contribution in [3.8, 4) is 0 Å². The van der Waals surface area contributed by atoms with Crippen LogP contribution in [0.4, 0.5) is 5.82 Å². The van der Waals surface area contributed by atoms with Crippen molar-refractivity contribution in [3.05, 3.63) is 46.3 Å². The molecule has 0 fully saturated rings. The second-order valence-corrected chi connectivity index (χ2v) is 5.36. The molecule has 2 rings (SSSR count). The molecule has 0 aliphatic carbocycles. The van der Waals surface area contributed by atoms with E-state index in [9.17, 15) is 4.79 Å². The highest BCUT2D eigenvalue weighted by Crippen LogP contribution is 2.22. The summed E-state index contributed by atoms with van der Waals surface area (Å²) in [4.78, 5) is 17.8. The van der Waals surface area contributed by atoms with Crippen molar-refractivity contribution in [2.45, 2.75) is 26.3 Å². The summed E-state index contributed by atoms with van der Waals surface area (Å²) in [6.07, 6.45) is 2.55. The summed E-state index contributed by atoms with van der Waals surface area (Å²) >= 11 is 1.66. The topological polar surface area (TPSA) is 54.0 Å². The molecule has 1 unspecified atom stereocenters. The number of nitrogens with zero attached hydrogens (tertiary/aromatic N) is 1. The van der Waals surface area contributed by atoms with Crippen molar-refractivity contribution in [3.63, 3.8) is 0 Å². The first-order valence-corrected chi connectivity index (χ1v) is 7.67.